The van der Waals surface area contributed by atoms with Crippen LogP contribution in [0.15, 0.2) is 24.3 Å². The Labute approximate surface area is 167 Å². The summed E-state index contributed by atoms with van der Waals surface area (Å²) in [5, 5.41) is 25.1. The van der Waals surface area contributed by atoms with E-state index >= 15 is 0 Å². The zero-order valence-corrected chi connectivity index (χ0v) is 15.7. The van der Waals surface area contributed by atoms with E-state index < -0.39 is 12.9 Å². The maximum absolute atomic E-state index is 14.3. The zero-order chi connectivity index (χ0) is 20.4. The van der Waals surface area contributed by atoms with Crippen molar-refractivity contribution in [1.29, 1.82) is 5.26 Å². The average Bonchev–Trinajstić information content (AvgIpc) is 2.71. The standard InChI is InChI=1S/C19H19BFN5O3/c1-11-9-23-19(26-18(11)25-16-10-28-5-3-13(16)8-22)24-14-6-12-2-4-20(27)29-17(12)15(21)7-14/h2,4,6-7,9,13,16,27H,3,5,10H2,1H3,(H2,23,24,25,26)/t13-,16+/m0/s1. The molecule has 1 aromatic carbocycles. The number of nitriles is 1. The van der Waals surface area contributed by atoms with Gasteiger partial charge in [0.05, 0.1) is 24.6 Å². The summed E-state index contributed by atoms with van der Waals surface area (Å²) in [6.07, 6.45) is 3.91. The van der Waals surface area contributed by atoms with Crippen molar-refractivity contribution >= 4 is 30.6 Å². The van der Waals surface area contributed by atoms with Crippen molar-refractivity contribution in [2.45, 2.75) is 19.4 Å². The Morgan fingerprint density at radius 2 is 2.28 bits per heavy atom. The van der Waals surface area contributed by atoms with Crippen molar-refractivity contribution in [1.82, 2.24) is 9.97 Å². The molecule has 148 valence electrons. The van der Waals surface area contributed by atoms with Gasteiger partial charge in [-0.1, -0.05) is 6.08 Å². The third-order valence-corrected chi connectivity index (χ3v) is 4.82. The number of halogens is 1. The number of hydrogen-bond acceptors (Lipinski definition) is 8. The number of benzene rings is 1. The Hall–Kier alpha value is -3.16. The van der Waals surface area contributed by atoms with Crippen LogP contribution in [0.3, 0.4) is 0 Å². The number of rotatable bonds is 4. The average molecular weight is 395 g/mol. The molecule has 0 spiro atoms. The third-order valence-electron chi connectivity index (χ3n) is 4.82. The molecule has 2 atom stereocenters. The SMILES string of the molecule is Cc1cnc(Nc2cc(F)c3c(c2)C=CB(O)O3)nc1N[C@@H]1COCC[C@H]1C#N. The molecule has 0 radical (unpaired) electrons. The lowest BCUT2D eigenvalue weighted by molar-refractivity contribution is 0.0698. The summed E-state index contributed by atoms with van der Waals surface area (Å²) < 4.78 is 24.9. The first-order valence-electron chi connectivity index (χ1n) is 9.24. The quantitative estimate of drug-likeness (QED) is 0.677. The van der Waals surface area contributed by atoms with Gasteiger partial charge in [-0.2, -0.15) is 10.2 Å². The minimum Gasteiger partial charge on any atom is -0.530 e. The second-order valence-electron chi connectivity index (χ2n) is 6.94. The molecule has 0 unspecified atom stereocenters. The Morgan fingerprint density at radius 3 is 3.10 bits per heavy atom. The van der Waals surface area contributed by atoms with Gasteiger partial charge < -0.3 is 25.0 Å². The predicted molar refractivity (Wildman–Crippen MR) is 106 cm³/mol. The molecule has 2 aromatic rings. The van der Waals surface area contributed by atoms with Gasteiger partial charge in [0.2, 0.25) is 5.95 Å². The minimum atomic E-state index is -1.16. The molecule has 2 aliphatic rings. The smallest absolute Gasteiger partial charge is 0.530 e. The fraction of sp³-hybridized carbons (Fsp3) is 0.316. The summed E-state index contributed by atoms with van der Waals surface area (Å²) in [4.78, 5) is 8.72. The van der Waals surface area contributed by atoms with Gasteiger partial charge in [0.1, 0.15) is 11.6 Å². The van der Waals surface area contributed by atoms with Gasteiger partial charge in [-0.25, -0.2) is 9.37 Å². The lowest BCUT2D eigenvalue weighted by Gasteiger charge is -2.28. The largest absolute Gasteiger partial charge is 0.552 e. The van der Waals surface area contributed by atoms with E-state index in [0.29, 0.717) is 36.7 Å². The molecule has 1 saturated heterocycles. The predicted octanol–water partition coefficient (Wildman–Crippen LogP) is 2.43. The van der Waals surface area contributed by atoms with E-state index in [9.17, 15) is 14.7 Å². The van der Waals surface area contributed by atoms with Crippen LogP contribution in [0, 0.1) is 30.0 Å². The van der Waals surface area contributed by atoms with E-state index in [-0.39, 0.29) is 23.7 Å². The Bertz CT molecular complexity index is 997. The van der Waals surface area contributed by atoms with Gasteiger partial charge in [-0.3, -0.25) is 0 Å². The second-order valence-corrected chi connectivity index (χ2v) is 6.94. The molecular weight excluding hydrogens is 376 g/mol. The number of nitrogens with one attached hydrogen (secondary N) is 2. The van der Waals surface area contributed by atoms with Crippen molar-refractivity contribution in [3.05, 3.63) is 41.2 Å². The van der Waals surface area contributed by atoms with Gasteiger partial charge in [-0.15, -0.1) is 0 Å². The summed E-state index contributed by atoms with van der Waals surface area (Å²) in [7, 11) is -1.16. The molecule has 0 amide bonds. The molecule has 0 saturated carbocycles. The van der Waals surface area contributed by atoms with Crippen LogP contribution in [0.1, 0.15) is 17.5 Å². The van der Waals surface area contributed by atoms with Crippen LogP contribution in [0.25, 0.3) is 6.08 Å². The fourth-order valence-corrected chi connectivity index (χ4v) is 3.27. The van der Waals surface area contributed by atoms with Crippen molar-refractivity contribution in [2.24, 2.45) is 5.92 Å². The Balaban J connectivity index is 1.55. The number of fused-ring (bicyclic) bond motifs is 1. The Morgan fingerprint density at radius 1 is 1.41 bits per heavy atom. The first kappa shape index (κ1) is 19.2. The molecule has 29 heavy (non-hydrogen) atoms. The topological polar surface area (TPSA) is 112 Å². The highest BCUT2D eigenvalue weighted by molar-refractivity contribution is 6.51. The van der Waals surface area contributed by atoms with Crippen molar-refractivity contribution < 1.29 is 18.8 Å². The van der Waals surface area contributed by atoms with Crippen LogP contribution in [0.4, 0.5) is 21.8 Å². The van der Waals surface area contributed by atoms with Crippen LogP contribution >= 0.6 is 0 Å². The van der Waals surface area contributed by atoms with E-state index in [1.165, 1.54) is 12.0 Å². The normalized spacial score (nSPS) is 20.4. The number of anilines is 3. The number of nitrogens with zero attached hydrogens (tertiary/aromatic N) is 3. The molecule has 0 aliphatic carbocycles. The molecular formula is C19H19BFN5O3. The van der Waals surface area contributed by atoms with E-state index in [1.807, 2.05) is 6.92 Å². The summed E-state index contributed by atoms with van der Waals surface area (Å²) >= 11 is 0. The van der Waals surface area contributed by atoms with Gasteiger partial charge in [0, 0.05) is 35.7 Å². The molecule has 10 heteroatoms. The van der Waals surface area contributed by atoms with Crippen LogP contribution in [-0.4, -0.2) is 41.4 Å². The van der Waals surface area contributed by atoms with Gasteiger partial charge in [-0.05, 0) is 25.4 Å². The lowest BCUT2D eigenvalue weighted by atomic mass is 9.86. The summed E-state index contributed by atoms with van der Waals surface area (Å²) in [6.45, 7) is 2.87. The number of aryl methyl sites for hydroxylation is 1. The lowest BCUT2D eigenvalue weighted by Crippen LogP contribution is -2.38. The fourth-order valence-electron chi connectivity index (χ4n) is 3.27. The van der Waals surface area contributed by atoms with Crippen molar-refractivity contribution in [3.63, 3.8) is 0 Å². The summed E-state index contributed by atoms with van der Waals surface area (Å²) in [5.41, 5.74) is 1.76. The number of hydrogen-bond donors (Lipinski definition) is 3. The van der Waals surface area contributed by atoms with E-state index in [2.05, 4.69) is 26.7 Å². The van der Waals surface area contributed by atoms with Crippen LogP contribution in [0.2, 0.25) is 0 Å². The Kier molecular flexibility index (Phi) is 5.33. The molecule has 1 fully saturated rings. The van der Waals surface area contributed by atoms with E-state index in [0.717, 1.165) is 5.56 Å². The highest BCUT2D eigenvalue weighted by atomic mass is 19.1. The van der Waals surface area contributed by atoms with Crippen LogP contribution in [-0.2, 0) is 4.74 Å². The number of aromatic nitrogens is 2. The minimum absolute atomic E-state index is 0.00225. The molecule has 8 nitrogen and oxygen atoms in total. The highest BCUT2D eigenvalue weighted by Gasteiger charge is 2.26. The maximum Gasteiger partial charge on any atom is 0.552 e. The maximum atomic E-state index is 14.3. The van der Waals surface area contributed by atoms with Crippen molar-refractivity contribution in [3.8, 4) is 11.8 Å². The third kappa shape index (κ3) is 4.16. The number of ether oxygens (including phenoxy) is 1. The van der Waals surface area contributed by atoms with E-state index in [4.69, 9.17) is 9.39 Å². The first-order chi connectivity index (χ1) is 14.0. The molecule has 3 N–H and O–H groups in total. The summed E-state index contributed by atoms with van der Waals surface area (Å²) in [5.74, 6) is 1.53. The molecule has 0 bridgehead atoms. The van der Waals surface area contributed by atoms with Crippen LogP contribution < -0.4 is 15.3 Å². The van der Waals surface area contributed by atoms with Crippen molar-refractivity contribution in [2.75, 3.05) is 23.8 Å². The molecule has 1 aromatic heterocycles. The monoisotopic (exact) mass is 395 g/mol. The molecule has 2 aliphatic heterocycles. The van der Waals surface area contributed by atoms with Crippen LogP contribution in [0.5, 0.6) is 5.75 Å². The van der Waals surface area contributed by atoms with E-state index in [1.54, 1.807) is 18.3 Å². The highest BCUT2D eigenvalue weighted by Crippen LogP contribution is 2.32. The first-order valence-corrected chi connectivity index (χ1v) is 9.24. The second kappa shape index (κ2) is 8.07. The molecule has 3 heterocycles. The van der Waals surface area contributed by atoms with Gasteiger partial charge >= 0.3 is 7.12 Å². The van der Waals surface area contributed by atoms with Gasteiger partial charge in [0.15, 0.2) is 5.82 Å². The molecule has 4 rings (SSSR count). The van der Waals surface area contributed by atoms with Gasteiger partial charge in [0.25, 0.3) is 0 Å². The zero-order valence-electron chi connectivity index (χ0n) is 15.7. The summed E-state index contributed by atoms with van der Waals surface area (Å²) in [6, 6.07) is 5.08.